The molecule has 11 heteroatoms. The van der Waals surface area contributed by atoms with E-state index in [-0.39, 0.29) is 24.1 Å². The van der Waals surface area contributed by atoms with Gasteiger partial charge in [0.2, 0.25) is 0 Å². The third-order valence-electron chi connectivity index (χ3n) is 5.59. The average Bonchev–Trinajstić information content (AvgIpc) is 3.08. The average molecular weight is 499 g/mol. The summed E-state index contributed by atoms with van der Waals surface area (Å²) >= 11 is 0. The molecule has 4 rings (SSSR count). The Morgan fingerprint density at radius 2 is 1.80 bits per heavy atom. The number of amides is 1. The topological polar surface area (TPSA) is 124 Å². The Kier molecular flexibility index (Phi) is 6.55. The van der Waals surface area contributed by atoms with Gasteiger partial charge < -0.3 is 14.7 Å². The zero-order valence-electron chi connectivity index (χ0n) is 19.0. The second-order valence-electron chi connectivity index (χ2n) is 7.88. The summed E-state index contributed by atoms with van der Waals surface area (Å²) in [6.45, 7) is -0.00443. The van der Waals surface area contributed by atoms with E-state index in [9.17, 15) is 17.6 Å². The third kappa shape index (κ3) is 4.73. The van der Waals surface area contributed by atoms with Crippen molar-refractivity contribution in [2.24, 2.45) is 10.7 Å². The minimum atomic E-state index is -3.85. The maximum absolute atomic E-state index is 13.8. The maximum Gasteiger partial charge on any atom is 0.311 e. The molecule has 0 radical (unpaired) electrons. The minimum Gasteiger partial charge on any atom is -0.383 e. The highest BCUT2D eigenvalue weighted by Crippen LogP contribution is 2.41. The van der Waals surface area contributed by atoms with Crippen LogP contribution in [-0.4, -0.2) is 56.7 Å². The highest BCUT2D eigenvalue weighted by molar-refractivity contribution is 7.87. The zero-order chi connectivity index (χ0) is 25.2. The maximum atomic E-state index is 13.8. The molecule has 0 bridgehead atoms. The number of nitrogens with two attached hydrogens (primary N) is 1. The van der Waals surface area contributed by atoms with E-state index in [0.717, 1.165) is 6.20 Å². The number of ether oxygens (including phenoxy) is 1. The first-order valence-corrected chi connectivity index (χ1v) is 12.1. The number of hydrogen-bond acceptors (Lipinski definition) is 8. The monoisotopic (exact) mass is 498 g/mol. The quantitative estimate of drug-likeness (QED) is 0.473. The molecule has 2 aromatic carbocycles. The number of nitrogens with zero attached hydrogens (tertiary/aromatic N) is 3. The second kappa shape index (κ2) is 9.43. The van der Waals surface area contributed by atoms with Crippen LogP contribution in [0.1, 0.15) is 11.1 Å². The molecule has 2 N–H and O–H groups in total. The van der Waals surface area contributed by atoms with Gasteiger partial charge in [0.1, 0.15) is 17.3 Å². The van der Waals surface area contributed by atoms with Gasteiger partial charge in [-0.1, -0.05) is 30.3 Å². The molecule has 0 fully saturated rings. The molecule has 1 aromatic heterocycles. The molecule has 1 unspecified atom stereocenters. The second-order valence-corrected chi connectivity index (χ2v) is 9.57. The van der Waals surface area contributed by atoms with Gasteiger partial charge in [0.25, 0.3) is 5.91 Å². The molecule has 0 spiro atoms. The molecular formula is C24H23FN4O5S. The highest BCUT2D eigenvalue weighted by Gasteiger charge is 2.49. The van der Waals surface area contributed by atoms with Crippen LogP contribution in [0.4, 0.5) is 4.39 Å². The lowest BCUT2D eigenvalue weighted by atomic mass is 9.82. The minimum absolute atomic E-state index is 0.00443. The van der Waals surface area contributed by atoms with Gasteiger partial charge in [0.15, 0.2) is 11.5 Å². The van der Waals surface area contributed by atoms with E-state index >= 15 is 0 Å². The number of halogens is 1. The number of likely N-dealkylation sites (N-methyl/N-ethyl adjacent to an activating group) is 1. The molecule has 182 valence electrons. The van der Waals surface area contributed by atoms with Crippen molar-refractivity contribution in [2.45, 2.75) is 5.54 Å². The van der Waals surface area contributed by atoms with E-state index in [1.54, 1.807) is 36.4 Å². The van der Waals surface area contributed by atoms with Crippen LogP contribution in [0.15, 0.2) is 72.0 Å². The first-order chi connectivity index (χ1) is 16.7. The molecule has 35 heavy (non-hydrogen) atoms. The fourth-order valence-electron chi connectivity index (χ4n) is 3.80. The summed E-state index contributed by atoms with van der Waals surface area (Å²) < 4.78 is 47.8. The standard InChI is InChI=1S/C24H23FN4O5S/c1-29-22(30)24(28-23(29)26,18-6-8-21(9-7-18)34-35(31,32)11-10-33-2)19-5-3-4-16(12-19)17-13-20(25)15-27-14-17/h3-9,12-15H,10-11H2,1-2H3,(H2,26,28). The van der Waals surface area contributed by atoms with Crippen molar-refractivity contribution in [3.05, 3.63) is 83.9 Å². The van der Waals surface area contributed by atoms with Crippen LogP contribution in [-0.2, 0) is 25.2 Å². The largest absolute Gasteiger partial charge is 0.383 e. The Hall–Kier alpha value is -3.83. The number of pyridine rings is 1. The lowest BCUT2D eigenvalue weighted by molar-refractivity contribution is -0.129. The van der Waals surface area contributed by atoms with Crippen LogP contribution in [0, 0.1) is 5.82 Å². The van der Waals surface area contributed by atoms with Crippen molar-refractivity contribution in [3.8, 4) is 16.9 Å². The van der Waals surface area contributed by atoms with Crippen LogP contribution in [0.5, 0.6) is 5.75 Å². The van der Waals surface area contributed by atoms with Crippen molar-refractivity contribution in [1.29, 1.82) is 0 Å². The van der Waals surface area contributed by atoms with E-state index in [1.165, 1.54) is 43.5 Å². The summed E-state index contributed by atoms with van der Waals surface area (Å²) in [6.07, 6.45) is 2.62. The summed E-state index contributed by atoms with van der Waals surface area (Å²) in [5, 5.41) is 0. The first-order valence-electron chi connectivity index (χ1n) is 10.5. The molecule has 1 aliphatic heterocycles. The Balaban J connectivity index is 1.77. The van der Waals surface area contributed by atoms with E-state index in [4.69, 9.17) is 14.7 Å². The number of guanidine groups is 1. The SMILES string of the molecule is COCCS(=O)(=O)Oc1ccc(C2(c3cccc(-c4cncc(F)c4)c3)N=C(N)N(C)C2=O)cc1. The van der Waals surface area contributed by atoms with Crippen LogP contribution in [0.3, 0.4) is 0 Å². The Morgan fingerprint density at radius 3 is 2.43 bits per heavy atom. The van der Waals surface area contributed by atoms with Gasteiger partial charge in [-0.3, -0.25) is 14.7 Å². The summed E-state index contributed by atoms with van der Waals surface area (Å²) in [5.41, 5.74) is 6.61. The normalized spacial score (nSPS) is 18.0. The molecule has 0 saturated heterocycles. The first kappa shape index (κ1) is 24.3. The Bertz CT molecular complexity index is 1400. The van der Waals surface area contributed by atoms with Crippen LogP contribution >= 0.6 is 0 Å². The third-order valence-corrected chi connectivity index (χ3v) is 6.70. The van der Waals surface area contributed by atoms with Crippen molar-refractivity contribution in [3.63, 3.8) is 0 Å². The predicted octanol–water partition coefficient (Wildman–Crippen LogP) is 2.27. The molecule has 9 nitrogen and oxygen atoms in total. The smallest absolute Gasteiger partial charge is 0.311 e. The number of aliphatic imine (C=N–C) groups is 1. The van der Waals surface area contributed by atoms with Crippen molar-refractivity contribution in [1.82, 2.24) is 9.88 Å². The number of carbonyl (C=O) groups excluding carboxylic acids is 1. The van der Waals surface area contributed by atoms with E-state index in [2.05, 4.69) is 9.98 Å². The number of aromatic nitrogens is 1. The van der Waals surface area contributed by atoms with Gasteiger partial charge in [0.05, 0.1) is 12.8 Å². The van der Waals surface area contributed by atoms with Gasteiger partial charge >= 0.3 is 10.1 Å². The van der Waals surface area contributed by atoms with E-state index < -0.39 is 27.4 Å². The zero-order valence-corrected chi connectivity index (χ0v) is 19.8. The lowest BCUT2D eigenvalue weighted by Gasteiger charge is -2.26. The summed E-state index contributed by atoms with van der Waals surface area (Å²) in [6, 6.07) is 14.3. The fraction of sp³-hybridized carbons (Fsp3) is 0.208. The number of methoxy groups -OCH3 is 1. The van der Waals surface area contributed by atoms with Crippen molar-refractivity contribution in [2.75, 3.05) is 26.5 Å². The van der Waals surface area contributed by atoms with Crippen molar-refractivity contribution < 1.29 is 26.5 Å². The molecule has 2 heterocycles. The number of hydrogen-bond donors (Lipinski definition) is 1. The fourth-order valence-corrected chi connectivity index (χ4v) is 4.66. The number of benzene rings is 2. The van der Waals surface area contributed by atoms with Gasteiger partial charge in [-0.25, -0.2) is 9.38 Å². The molecule has 1 aliphatic rings. The molecule has 0 saturated carbocycles. The summed E-state index contributed by atoms with van der Waals surface area (Å²) in [5.74, 6) is -1.09. The molecular weight excluding hydrogens is 475 g/mol. The predicted molar refractivity (Wildman–Crippen MR) is 128 cm³/mol. The lowest BCUT2D eigenvalue weighted by Crippen LogP contribution is -2.41. The number of carbonyl (C=O) groups is 1. The van der Waals surface area contributed by atoms with E-state index in [0.29, 0.717) is 22.3 Å². The summed E-state index contributed by atoms with van der Waals surface area (Å²) in [4.78, 5) is 23.2. The number of rotatable bonds is 8. The molecule has 1 amide bonds. The summed E-state index contributed by atoms with van der Waals surface area (Å²) in [7, 11) is -0.937. The van der Waals surface area contributed by atoms with Crippen molar-refractivity contribution >= 4 is 22.0 Å². The molecule has 3 aromatic rings. The Labute approximate surface area is 202 Å². The van der Waals surface area contributed by atoms with Gasteiger partial charge in [0, 0.05) is 25.9 Å². The van der Waals surface area contributed by atoms with Gasteiger partial charge in [-0.05, 0) is 41.0 Å². The molecule has 1 atom stereocenters. The van der Waals surface area contributed by atoms with Crippen LogP contribution in [0.2, 0.25) is 0 Å². The molecule has 0 aliphatic carbocycles. The highest BCUT2D eigenvalue weighted by atomic mass is 32.2. The van der Waals surface area contributed by atoms with Crippen LogP contribution < -0.4 is 9.92 Å². The van der Waals surface area contributed by atoms with E-state index in [1.807, 2.05) is 0 Å². The van der Waals surface area contributed by atoms with Gasteiger partial charge in [-0.2, -0.15) is 8.42 Å². The van der Waals surface area contributed by atoms with Crippen LogP contribution in [0.25, 0.3) is 11.1 Å². The van der Waals surface area contributed by atoms with Gasteiger partial charge in [-0.15, -0.1) is 0 Å². The Morgan fingerprint density at radius 1 is 1.06 bits per heavy atom.